The first-order valence-corrected chi connectivity index (χ1v) is 5.68. The summed E-state index contributed by atoms with van der Waals surface area (Å²) in [6.07, 6.45) is 3.40. The van der Waals surface area contributed by atoms with Gasteiger partial charge in [-0.05, 0) is 26.3 Å². The van der Waals surface area contributed by atoms with Gasteiger partial charge in [0.05, 0.1) is 19.6 Å². The van der Waals surface area contributed by atoms with E-state index in [9.17, 15) is 9.59 Å². The second-order valence-corrected chi connectivity index (χ2v) is 4.25. The molecule has 2 unspecified atom stereocenters. The van der Waals surface area contributed by atoms with Gasteiger partial charge in [0.1, 0.15) is 0 Å². The first-order valence-electron chi connectivity index (χ1n) is 5.68. The van der Waals surface area contributed by atoms with Gasteiger partial charge in [0.15, 0.2) is 0 Å². The van der Waals surface area contributed by atoms with E-state index >= 15 is 0 Å². The van der Waals surface area contributed by atoms with Gasteiger partial charge in [0.25, 0.3) is 0 Å². The highest BCUT2D eigenvalue weighted by atomic mass is 16.5. The zero-order valence-electron chi connectivity index (χ0n) is 9.94. The van der Waals surface area contributed by atoms with Gasteiger partial charge in [-0.2, -0.15) is 0 Å². The molecule has 0 aromatic carbocycles. The molecule has 5 nitrogen and oxygen atoms in total. The highest BCUT2D eigenvalue weighted by Gasteiger charge is 2.30. The van der Waals surface area contributed by atoms with Crippen LogP contribution in [-0.2, 0) is 14.3 Å². The van der Waals surface area contributed by atoms with Gasteiger partial charge < -0.3 is 10.5 Å². The third-order valence-electron chi connectivity index (χ3n) is 3.21. The van der Waals surface area contributed by atoms with Crippen molar-refractivity contribution in [1.82, 2.24) is 4.90 Å². The molecule has 0 spiro atoms. The normalized spacial score (nSPS) is 23.8. The van der Waals surface area contributed by atoms with Crippen LogP contribution < -0.4 is 5.73 Å². The first-order chi connectivity index (χ1) is 7.56. The van der Waals surface area contributed by atoms with Crippen LogP contribution in [0.1, 0.15) is 32.6 Å². The van der Waals surface area contributed by atoms with Crippen molar-refractivity contribution in [2.45, 2.75) is 44.7 Å². The van der Waals surface area contributed by atoms with Gasteiger partial charge in [-0.3, -0.25) is 14.5 Å². The number of rotatable bonds is 4. The lowest BCUT2D eigenvalue weighted by Gasteiger charge is -2.38. The number of piperidine rings is 1. The van der Waals surface area contributed by atoms with Crippen molar-refractivity contribution in [3.05, 3.63) is 0 Å². The summed E-state index contributed by atoms with van der Waals surface area (Å²) >= 11 is 0. The number of carbonyl (C=O) groups is 2. The number of carbonyl (C=O) groups excluding carboxylic acids is 2. The SMILES string of the molecule is COC(=O)CC1CCCCN1C(C)C(N)=O. The van der Waals surface area contributed by atoms with E-state index in [0.717, 1.165) is 25.8 Å². The largest absolute Gasteiger partial charge is 0.469 e. The second kappa shape index (κ2) is 5.84. The van der Waals surface area contributed by atoms with Crippen LogP contribution in [-0.4, -0.2) is 42.5 Å². The summed E-state index contributed by atoms with van der Waals surface area (Å²) in [5.41, 5.74) is 5.30. The molecule has 1 amide bonds. The summed E-state index contributed by atoms with van der Waals surface area (Å²) in [6, 6.07) is -0.223. The van der Waals surface area contributed by atoms with Gasteiger partial charge in [0, 0.05) is 6.04 Å². The molecular weight excluding hydrogens is 208 g/mol. The van der Waals surface area contributed by atoms with Crippen molar-refractivity contribution < 1.29 is 14.3 Å². The lowest BCUT2D eigenvalue weighted by molar-refractivity contribution is -0.143. The fourth-order valence-electron chi connectivity index (χ4n) is 2.19. The third-order valence-corrected chi connectivity index (χ3v) is 3.21. The summed E-state index contributed by atoms with van der Waals surface area (Å²) < 4.78 is 4.66. The predicted molar refractivity (Wildman–Crippen MR) is 59.6 cm³/mol. The molecule has 0 aromatic rings. The Morgan fingerprint density at radius 3 is 2.75 bits per heavy atom. The Labute approximate surface area is 95.9 Å². The molecule has 1 fully saturated rings. The fraction of sp³-hybridized carbons (Fsp3) is 0.818. The monoisotopic (exact) mass is 228 g/mol. The lowest BCUT2D eigenvalue weighted by atomic mass is 9.97. The number of amides is 1. The third kappa shape index (κ3) is 3.20. The maximum Gasteiger partial charge on any atom is 0.307 e. The van der Waals surface area contributed by atoms with E-state index in [2.05, 4.69) is 4.74 Å². The van der Waals surface area contributed by atoms with E-state index in [1.165, 1.54) is 7.11 Å². The average molecular weight is 228 g/mol. The smallest absolute Gasteiger partial charge is 0.307 e. The molecule has 0 saturated carbocycles. The van der Waals surface area contributed by atoms with Gasteiger partial charge in [-0.1, -0.05) is 6.42 Å². The number of methoxy groups -OCH3 is 1. The van der Waals surface area contributed by atoms with E-state index in [1.807, 2.05) is 4.90 Å². The number of nitrogens with two attached hydrogens (primary N) is 1. The van der Waals surface area contributed by atoms with Crippen molar-refractivity contribution in [2.75, 3.05) is 13.7 Å². The van der Waals surface area contributed by atoms with E-state index in [1.54, 1.807) is 6.92 Å². The van der Waals surface area contributed by atoms with Gasteiger partial charge in [0.2, 0.25) is 5.91 Å². The fourth-order valence-corrected chi connectivity index (χ4v) is 2.19. The van der Waals surface area contributed by atoms with Crippen LogP contribution in [0.4, 0.5) is 0 Å². The van der Waals surface area contributed by atoms with Crippen molar-refractivity contribution in [3.8, 4) is 0 Å². The van der Waals surface area contributed by atoms with Crippen LogP contribution in [0.3, 0.4) is 0 Å². The maximum absolute atomic E-state index is 11.3. The Morgan fingerprint density at radius 1 is 1.50 bits per heavy atom. The molecule has 2 atom stereocenters. The van der Waals surface area contributed by atoms with E-state index in [-0.39, 0.29) is 24.0 Å². The quantitative estimate of drug-likeness (QED) is 0.701. The molecular formula is C11H20N2O3. The Hall–Kier alpha value is -1.10. The summed E-state index contributed by atoms with van der Waals surface area (Å²) in [4.78, 5) is 24.4. The van der Waals surface area contributed by atoms with E-state index < -0.39 is 0 Å². The van der Waals surface area contributed by atoms with Crippen LogP contribution in [0.25, 0.3) is 0 Å². The molecule has 0 aliphatic carbocycles. The van der Waals surface area contributed by atoms with Crippen LogP contribution in [0.15, 0.2) is 0 Å². The van der Waals surface area contributed by atoms with Crippen LogP contribution in [0.2, 0.25) is 0 Å². The first kappa shape index (κ1) is 13.0. The molecule has 2 N–H and O–H groups in total. The average Bonchev–Trinajstić information content (AvgIpc) is 2.28. The van der Waals surface area contributed by atoms with Crippen molar-refractivity contribution in [1.29, 1.82) is 0 Å². The predicted octanol–water partition coefficient (Wildman–Crippen LogP) is 0.278. The highest BCUT2D eigenvalue weighted by Crippen LogP contribution is 2.22. The Bertz CT molecular complexity index is 268. The Balaban J connectivity index is 2.63. The number of nitrogens with zero attached hydrogens (tertiary/aromatic N) is 1. The standard InChI is InChI=1S/C11H20N2O3/c1-8(11(12)15)13-6-4-3-5-9(13)7-10(14)16-2/h8-9H,3-7H2,1-2H3,(H2,12,15). The van der Waals surface area contributed by atoms with Crippen molar-refractivity contribution in [2.24, 2.45) is 5.73 Å². The Kier molecular flexibility index (Phi) is 4.73. The zero-order chi connectivity index (χ0) is 12.1. The molecule has 5 heteroatoms. The number of hydrogen-bond acceptors (Lipinski definition) is 4. The zero-order valence-corrected chi connectivity index (χ0v) is 9.94. The molecule has 0 radical (unpaired) electrons. The number of likely N-dealkylation sites (tertiary alicyclic amines) is 1. The lowest BCUT2D eigenvalue weighted by Crippen LogP contribution is -2.51. The number of primary amides is 1. The minimum atomic E-state index is -0.336. The van der Waals surface area contributed by atoms with Crippen LogP contribution >= 0.6 is 0 Å². The van der Waals surface area contributed by atoms with E-state index in [4.69, 9.17) is 5.73 Å². The van der Waals surface area contributed by atoms with Gasteiger partial charge >= 0.3 is 5.97 Å². The Morgan fingerprint density at radius 2 is 2.19 bits per heavy atom. The number of esters is 1. The highest BCUT2D eigenvalue weighted by molar-refractivity contribution is 5.79. The molecule has 1 aliphatic heterocycles. The second-order valence-electron chi connectivity index (χ2n) is 4.25. The number of ether oxygens (including phenoxy) is 1. The van der Waals surface area contributed by atoms with Gasteiger partial charge in [-0.15, -0.1) is 0 Å². The molecule has 0 aromatic heterocycles. The molecule has 1 saturated heterocycles. The molecule has 1 aliphatic rings. The molecule has 1 rings (SSSR count). The summed E-state index contributed by atoms with van der Waals surface area (Å²) in [6.45, 7) is 2.61. The molecule has 92 valence electrons. The molecule has 1 heterocycles. The topological polar surface area (TPSA) is 72.6 Å². The minimum Gasteiger partial charge on any atom is -0.469 e. The minimum absolute atomic E-state index is 0.0868. The van der Waals surface area contributed by atoms with Crippen LogP contribution in [0.5, 0.6) is 0 Å². The maximum atomic E-state index is 11.3. The summed E-state index contributed by atoms with van der Waals surface area (Å²) in [5, 5.41) is 0. The van der Waals surface area contributed by atoms with E-state index in [0.29, 0.717) is 6.42 Å². The molecule has 16 heavy (non-hydrogen) atoms. The summed E-state index contributed by atoms with van der Waals surface area (Å²) in [5.74, 6) is -0.565. The number of hydrogen-bond donors (Lipinski definition) is 1. The summed E-state index contributed by atoms with van der Waals surface area (Å²) in [7, 11) is 1.38. The molecule has 0 bridgehead atoms. The van der Waals surface area contributed by atoms with Gasteiger partial charge in [-0.25, -0.2) is 0 Å². The van der Waals surface area contributed by atoms with Crippen molar-refractivity contribution in [3.63, 3.8) is 0 Å². The van der Waals surface area contributed by atoms with Crippen molar-refractivity contribution >= 4 is 11.9 Å². The van der Waals surface area contributed by atoms with Crippen LogP contribution in [0, 0.1) is 0 Å².